The summed E-state index contributed by atoms with van der Waals surface area (Å²) in [4.78, 5) is 12.0. The first-order chi connectivity index (χ1) is 13.1. The molecular weight excluding hydrogens is 349 g/mol. The Kier molecular flexibility index (Phi) is 5.74. The van der Waals surface area contributed by atoms with Crippen molar-refractivity contribution in [1.82, 2.24) is 20.3 Å². The minimum atomic E-state index is -0.374. The van der Waals surface area contributed by atoms with Crippen molar-refractivity contribution in [3.63, 3.8) is 0 Å². The van der Waals surface area contributed by atoms with Gasteiger partial charge in [0, 0.05) is 11.6 Å². The molecule has 0 aliphatic carbocycles. The maximum absolute atomic E-state index is 13.0. The minimum absolute atomic E-state index is 0.0171. The Bertz CT molecular complexity index is 963. The molecule has 0 atom stereocenters. The number of rotatable bonds is 7. The predicted octanol–water partition coefficient (Wildman–Crippen LogP) is 2.15. The number of nitriles is 1. The lowest BCUT2D eigenvalue weighted by molar-refractivity contribution is -0.121. The van der Waals surface area contributed by atoms with E-state index in [0.717, 1.165) is 5.56 Å². The van der Waals surface area contributed by atoms with Crippen LogP contribution in [0.25, 0.3) is 11.3 Å². The summed E-state index contributed by atoms with van der Waals surface area (Å²) in [5.74, 6) is -0.206. The Morgan fingerprint density at radius 1 is 1.26 bits per heavy atom. The first kappa shape index (κ1) is 18.1. The summed E-state index contributed by atoms with van der Waals surface area (Å²) in [5, 5.41) is 19.5. The highest BCUT2D eigenvalue weighted by Gasteiger charge is 2.08. The number of amides is 1. The van der Waals surface area contributed by atoms with E-state index in [9.17, 15) is 9.18 Å². The Balaban J connectivity index is 1.45. The molecule has 0 aliphatic heterocycles. The predicted molar refractivity (Wildman–Crippen MR) is 95.1 cm³/mol. The van der Waals surface area contributed by atoms with Gasteiger partial charge >= 0.3 is 0 Å². The van der Waals surface area contributed by atoms with Crippen LogP contribution in [0, 0.1) is 17.1 Å². The van der Waals surface area contributed by atoms with Gasteiger partial charge in [0.1, 0.15) is 30.4 Å². The van der Waals surface area contributed by atoms with Crippen molar-refractivity contribution < 1.29 is 13.9 Å². The van der Waals surface area contributed by atoms with Crippen molar-refractivity contribution in [2.45, 2.75) is 6.54 Å². The van der Waals surface area contributed by atoms with Crippen molar-refractivity contribution in [2.75, 3.05) is 13.2 Å². The van der Waals surface area contributed by atoms with Crippen LogP contribution in [0.3, 0.4) is 0 Å². The Morgan fingerprint density at radius 3 is 2.81 bits per heavy atom. The molecule has 3 rings (SSSR count). The van der Waals surface area contributed by atoms with Gasteiger partial charge in [-0.25, -0.2) is 9.07 Å². The fourth-order valence-corrected chi connectivity index (χ4v) is 2.34. The molecule has 27 heavy (non-hydrogen) atoms. The van der Waals surface area contributed by atoms with Crippen LogP contribution in [0.5, 0.6) is 5.75 Å². The lowest BCUT2D eigenvalue weighted by Crippen LogP contribution is -2.31. The second-order valence-electron chi connectivity index (χ2n) is 5.65. The van der Waals surface area contributed by atoms with Crippen LogP contribution in [0.1, 0.15) is 5.56 Å². The maximum Gasteiger partial charge on any atom is 0.241 e. The standard InChI is InChI=1S/C19H16FN5O2/c20-16-2-1-3-17(10-16)27-9-8-22-19(26)13-25-12-18(23-24-25)15-6-4-14(11-21)5-7-15/h1-7,10,12H,8-9,13H2,(H,22,26). The van der Waals surface area contributed by atoms with Crippen LogP contribution in [0.4, 0.5) is 4.39 Å². The summed E-state index contributed by atoms with van der Waals surface area (Å²) in [6, 6.07) is 14.8. The first-order valence-electron chi connectivity index (χ1n) is 8.20. The molecule has 1 heterocycles. The largest absolute Gasteiger partial charge is 0.492 e. The fraction of sp³-hybridized carbons (Fsp3) is 0.158. The SMILES string of the molecule is N#Cc1ccc(-c2cn(CC(=O)NCCOc3cccc(F)c3)nn2)cc1. The Hall–Kier alpha value is -3.73. The first-order valence-corrected chi connectivity index (χ1v) is 8.20. The zero-order chi connectivity index (χ0) is 19.1. The average molecular weight is 365 g/mol. The maximum atomic E-state index is 13.0. The third-order valence-corrected chi connectivity index (χ3v) is 3.64. The molecule has 1 N–H and O–H groups in total. The van der Waals surface area contributed by atoms with E-state index >= 15 is 0 Å². The molecule has 0 saturated carbocycles. The van der Waals surface area contributed by atoms with E-state index in [1.54, 1.807) is 42.6 Å². The smallest absolute Gasteiger partial charge is 0.241 e. The van der Waals surface area contributed by atoms with Crippen molar-refractivity contribution in [3.8, 4) is 23.1 Å². The summed E-state index contributed by atoms with van der Waals surface area (Å²) < 4.78 is 19.8. The highest BCUT2D eigenvalue weighted by molar-refractivity contribution is 5.75. The van der Waals surface area contributed by atoms with Gasteiger partial charge < -0.3 is 10.1 Å². The van der Waals surface area contributed by atoms with E-state index in [4.69, 9.17) is 10.00 Å². The number of hydrogen-bond donors (Lipinski definition) is 1. The normalized spacial score (nSPS) is 10.2. The summed E-state index contributed by atoms with van der Waals surface area (Å²) in [7, 11) is 0. The number of ether oxygens (including phenoxy) is 1. The number of carbonyl (C=O) groups is 1. The number of halogens is 1. The van der Waals surface area contributed by atoms with E-state index in [-0.39, 0.29) is 31.4 Å². The van der Waals surface area contributed by atoms with Crippen LogP contribution in [0.2, 0.25) is 0 Å². The molecule has 0 radical (unpaired) electrons. The van der Waals surface area contributed by atoms with Crippen molar-refractivity contribution in [2.24, 2.45) is 0 Å². The number of benzene rings is 2. The summed E-state index contributed by atoms with van der Waals surface area (Å²) >= 11 is 0. The van der Waals surface area contributed by atoms with E-state index < -0.39 is 0 Å². The topological polar surface area (TPSA) is 92.8 Å². The van der Waals surface area contributed by atoms with E-state index in [0.29, 0.717) is 17.0 Å². The quantitative estimate of drug-likeness (QED) is 0.648. The second-order valence-corrected chi connectivity index (χ2v) is 5.65. The van der Waals surface area contributed by atoms with Gasteiger partial charge in [-0.2, -0.15) is 5.26 Å². The highest BCUT2D eigenvalue weighted by Crippen LogP contribution is 2.16. The monoisotopic (exact) mass is 365 g/mol. The summed E-state index contributed by atoms with van der Waals surface area (Å²) in [6.45, 7) is 0.527. The number of nitrogens with zero attached hydrogens (tertiary/aromatic N) is 4. The fourth-order valence-electron chi connectivity index (χ4n) is 2.34. The molecule has 0 aliphatic rings. The zero-order valence-corrected chi connectivity index (χ0v) is 14.3. The van der Waals surface area contributed by atoms with Gasteiger partial charge in [0.2, 0.25) is 5.91 Å². The molecule has 3 aromatic rings. The van der Waals surface area contributed by atoms with Crippen molar-refractivity contribution in [3.05, 3.63) is 66.1 Å². The number of carbonyl (C=O) groups excluding carboxylic acids is 1. The Labute approximate surface area is 155 Å². The van der Waals surface area contributed by atoms with Gasteiger partial charge in [0.05, 0.1) is 24.4 Å². The molecule has 1 amide bonds. The minimum Gasteiger partial charge on any atom is -0.492 e. The number of aromatic nitrogens is 3. The third kappa shape index (κ3) is 5.12. The van der Waals surface area contributed by atoms with Gasteiger partial charge in [-0.1, -0.05) is 23.4 Å². The molecule has 7 nitrogen and oxygen atoms in total. The van der Waals surface area contributed by atoms with Gasteiger partial charge in [0.15, 0.2) is 0 Å². The second kappa shape index (κ2) is 8.58. The van der Waals surface area contributed by atoms with E-state index in [1.807, 2.05) is 0 Å². The molecule has 0 bridgehead atoms. The molecule has 136 valence electrons. The average Bonchev–Trinajstić information content (AvgIpc) is 3.14. The number of hydrogen-bond acceptors (Lipinski definition) is 5. The summed E-state index contributed by atoms with van der Waals surface area (Å²) in [6.07, 6.45) is 1.66. The number of nitrogens with one attached hydrogen (secondary N) is 1. The lowest BCUT2D eigenvalue weighted by Gasteiger charge is -2.07. The van der Waals surface area contributed by atoms with Crippen LogP contribution in [-0.2, 0) is 11.3 Å². The molecule has 1 aromatic heterocycles. The van der Waals surface area contributed by atoms with Gasteiger partial charge in [0.25, 0.3) is 0 Å². The summed E-state index contributed by atoms with van der Waals surface area (Å²) in [5.41, 5.74) is 1.98. The molecule has 8 heteroatoms. The van der Waals surface area contributed by atoms with Crippen molar-refractivity contribution in [1.29, 1.82) is 5.26 Å². The zero-order valence-electron chi connectivity index (χ0n) is 14.3. The molecule has 2 aromatic carbocycles. The van der Waals surface area contributed by atoms with Gasteiger partial charge in [-0.05, 0) is 24.3 Å². The van der Waals surface area contributed by atoms with Crippen molar-refractivity contribution >= 4 is 5.91 Å². The Morgan fingerprint density at radius 2 is 2.07 bits per heavy atom. The van der Waals surface area contributed by atoms with Crippen LogP contribution >= 0.6 is 0 Å². The molecule has 0 saturated heterocycles. The molecule has 0 fully saturated rings. The van der Waals surface area contributed by atoms with Gasteiger partial charge in [-0.15, -0.1) is 5.10 Å². The third-order valence-electron chi connectivity index (χ3n) is 3.64. The molecular formula is C19H16FN5O2. The molecule has 0 spiro atoms. The van der Waals surface area contributed by atoms with E-state index in [2.05, 4.69) is 21.7 Å². The van der Waals surface area contributed by atoms with Gasteiger partial charge in [-0.3, -0.25) is 4.79 Å². The van der Waals surface area contributed by atoms with Crippen LogP contribution in [0.15, 0.2) is 54.7 Å². The van der Waals surface area contributed by atoms with E-state index in [1.165, 1.54) is 16.8 Å². The van der Waals surface area contributed by atoms with Crippen LogP contribution < -0.4 is 10.1 Å². The molecule has 0 unspecified atom stereocenters. The highest BCUT2D eigenvalue weighted by atomic mass is 19.1. The lowest BCUT2D eigenvalue weighted by atomic mass is 10.1. The van der Waals surface area contributed by atoms with Crippen LogP contribution in [-0.4, -0.2) is 34.1 Å².